The minimum Gasteiger partial charge on any atom is -0.302 e. The van der Waals surface area contributed by atoms with Crippen molar-refractivity contribution in [1.82, 2.24) is 5.32 Å². The second kappa shape index (κ2) is 4.61. The highest BCUT2D eigenvalue weighted by molar-refractivity contribution is 7.80. The number of amides is 2. The first kappa shape index (κ1) is 13.5. The van der Waals surface area contributed by atoms with Crippen molar-refractivity contribution in [1.29, 1.82) is 0 Å². The Morgan fingerprint density at radius 2 is 1.74 bits per heavy atom. The third-order valence-corrected chi connectivity index (χ3v) is 2.75. The molecule has 1 aliphatic rings. The molecule has 1 heterocycles. The summed E-state index contributed by atoms with van der Waals surface area (Å²) < 4.78 is 37.2. The number of nitrogens with one attached hydrogen (secondary N) is 1. The molecule has 0 spiro atoms. The van der Waals surface area contributed by atoms with Gasteiger partial charge in [-0.1, -0.05) is 0 Å². The first-order valence-electron chi connectivity index (χ1n) is 5.13. The zero-order valence-electron chi connectivity index (χ0n) is 9.32. The van der Waals surface area contributed by atoms with Crippen molar-refractivity contribution >= 4 is 34.8 Å². The number of carbonyl (C=O) groups excluding carboxylic acids is 2. The topological polar surface area (TPSA) is 49.4 Å². The number of alkyl halides is 3. The van der Waals surface area contributed by atoms with Gasteiger partial charge in [-0.05, 0) is 36.5 Å². The van der Waals surface area contributed by atoms with Crippen LogP contribution < -0.4 is 10.2 Å². The van der Waals surface area contributed by atoms with Crippen LogP contribution in [0.2, 0.25) is 0 Å². The molecule has 2 rings (SSSR count). The predicted molar refractivity (Wildman–Crippen MR) is 64.3 cm³/mol. The van der Waals surface area contributed by atoms with Gasteiger partial charge in [-0.3, -0.25) is 14.5 Å². The molecule has 1 aromatic rings. The number of halogens is 3. The summed E-state index contributed by atoms with van der Waals surface area (Å²) in [5.41, 5.74) is -0.640. The maximum Gasteiger partial charge on any atom is 0.416 e. The van der Waals surface area contributed by atoms with Crippen LogP contribution in [0.15, 0.2) is 24.3 Å². The normalized spacial score (nSPS) is 16.6. The first-order chi connectivity index (χ1) is 8.79. The molecule has 0 atom stereocenters. The second-order valence-corrected chi connectivity index (χ2v) is 4.19. The molecule has 2 amide bonds. The summed E-state index contributed by atoms with van der Waals surface area (Å²) in [5.74, 6) is -1.10. The van der Waals surface area contributed by atoms with Gasteiger partial charge in [0.2, 0.25) is 11.8 Å². The molecule has 0 radical (unpaired) electrons. The van der Waals surface area contributed by atoms with E-state index >= 15 is 0 Å². The van der Waals surface area contributed by atoms with Crippen LogP contribution in [0.4, 0.5) is 18.9 Å². The van der Waals surface area contributed by atoms with Gasteiger partial charge in [-0.2, -0.15) is 13.2 Å². The molecular weight excluding hydrogens is 281 g/mol. The Hall–Kier alpha value is -1.96. The van der Waals surface area contributed by atoms with Crippen molar-refractivity contribution in [3.05, 3.63) is 29.8 Å². The van der Waals surface area contributed by atoms with Gasteiger partial charge in [-0.25, -0.2) is 0 Å². The van der Waals surface area contributed by atoms with E-state index in [0.29, 0.717) is 0 Å². The van der Waals surface area contributed by atoms with E-state index in [1.54, 1.807) is 0 Å². The number of hydrogen-bond donors (Lipinski definition) is 1. The molecule has 1 fully saturated rings. The standard InChI is InChI=1S/C11H7F3N2O2S/c12-11(13,14)6-1-3-7(4-2-6)16-9(18)5-8(17)15-10(16)19/h1-4H,5H2,(H,15,17,19). The summed E-state index contributed by atoms with van der Waals surface area (Å²) in [5, 5.41) is 2.14. The Kier molecular flexibility index (Phi) is 3.27. The Morgan fingerprint density at radius 1 is 1.16 bits per heavy atom. The smallest absolute Gasteiger partial charge is 0.302 e. The van der Waals surface area contributed by atoms with Crippen LogP contribution in [0.3, 0.4) is 0 Å². The predicted octanol–water partition coefficient (Wildman–Crippen LogP) is 1.84. The van der Waals surface area contributed by atoms with Gasteiger partial charge >= 0.3 is 6.18 Å². The van der Waals surface area contributed by atoms with E-state index < -0.39 is 23.6 Å². The number of carbonyl (C=O) groups is 2. The fourth-order valence-electron chi connectivity index (χ4n) is 1.61. The van der Waals surface area contributed by atoms with Gasteiger partial charge in [0.15, 0.2) is 5.11 Å². The lowest BCUT2D eigenvalue weighted by Crippen LogP contribution is -2.52. The van der Waals surface area contributed by atoms with Crippen LogP contribution in [-0.4, -0.2) is 16.9 Å². The minimum atomic E-state index is -4.45. The molecule has 4 nitrogen and oxygen atoms in total. The van der Waals surface area contributed by atoms with Gasteiger partial charge < -0.3 is 5.32 Å². The Morgan fingerprint density at radius 3 is 2.21 bits per heavy atom. The average molecular weight is 288 g/mol. The van der Waals surface area contributed by atoms with Gasteiger partial charge in [-0.15, -0.1) is 0 Å². The summed E-state index contributed by atoms with van der Waals surface area (Å²) in [4.78, 5) is 23.7. The number of benzene rings is 1. The second-order valence-electron chi connectivity index (χ2n) is 3.80. The SMILES string of the molecule is O=C1CC(=O)N(c2ccc(C(F)(F)F)cc2)C(=S)N1. The molecule has 0 aromatic heterocycles. The third kappa shape index (κ3) is 2.73. The van der Waals surface area contributed by atoms with Crippen LogP contribution in [0, 0.1) is 0 Å². The molecule has 100 valence electrons. The van der Waals surface area contributed by atoms with E-state index in [1.807, 2.05) is 0 Å². The van der Waals surface area contributed by atoms with Crippen LogP contribution in [-0.2, 0) is 15.8 Å². The lowest BCUT2D eigenvalue weighted by atomic mass is 10.1. The van der Waals surface area contributed by atoms with Crippen LogP contribution >= 0.6 is 12.2 Å². The molecule has 0 unspecified atom stereocenters. The fourth-order valence-corrected chi connectivity index (χ4v) is 1.93. The lowest BCUT2D eigenvalue weighted by molar-refractivity contribution is -0.137. The van der Waals surface area contributed by atoms with Crippen molar-refractivity contribution in [2.45, 2.75) is 12.6 Å². The monoisotopic (exact) mass is 288 g/mol. The molecular formula is C11H7F3N2O2S. The van der Waals surface area contributed by atoms with Crippen molar-refractivity contribution in [2.75, 3.05) is 4.90 Å². The highest BCUT2D eigenvalue weighted by Gasteiger charge is 2.32. The Balaban J connectivity index is 2.30. The molecule has 0 aliphatic carbocycles. The number of hydrogen-bond acceptors (Lipinski definition) is 3. The molecule has 1 N–H and O–H groups in total. The number of rotatable bonds is 1. The number of thiocarbonyl (C=S) groups is 1. The molecule has 0 saturated carbocycles. The molecule has 1 saturated heterocycles. The van der Waals surface area contributed by atoms with Gasteiger partial charge in [0.1, 0.15) is 6.42 Å². The highest BCUT2D eigenvalue weighted by atomic mass is 32.1. The fraction of sp³-hybridized carbons (Fsp3) is 0.182. The van der Waals surface area contributed by atoms with Gasteiger partial charge in [0, 0.05) is 0 Å². The highest BCUT2D eigenvalue weighted by Crippen LogP contribution is 2.30. The quantitative estimate of drug-likeness (QED) is 0.633. The average Bonchev–Trinajstić information content (AvgIpc) is 2.27. The molecule has 1 aromatic carbocycles. The summed E-state index contributed by atoms with van der Waals surface area (Å²) >= 11 is 4.82. The van der Waals surface area contributed by atoms with Gasteiger partial charge in [0.25, 0.3) is 0 Å². The van der Waals surface area contributed by atoms with Crippen molar-refractivity contribution in [2.24, 2.45) is 0 Å². The summed E-state index contributed by atoms with van der Waals surface area (Å²) in [7, 11) is 0. The number of anilines is 1. The molecule has 8 heteroatoms. The molecule has 1 aliphatic heterocycles. The summed E-state index contributed by atoms with van der Waals surface area (Å²) in [6.07, 6.45) is -4.83. The van der Waals surface area contributed by atoms with Crippen LogP contribution in [0.25, 0.3) is 0 Å². The van der Waals surface area contributed by atoms with E-state index in [-0.39, 0.29) is 17.2 Å². The van der Waals surface area contributed by atoms with Crippen molar-refractivity contribution in [3.8, 4) is 0 Å². The summed E-state index contributed by atoms with van der Waals surface area (Å²) in [6.45, 7) is 0. The Bertz CT molecular complexity index is 534. The number of nitrogens with zero attached hydrogens (tertiary/aromatic N) is 1. The van der Waals surface area contributed by atoms with E-state index in [2.05, 4.69) is 5.32 Å². The lowest BCUT2D eigenvalue weighted by Gasteiger charge is -2.27. The van der Waals surface area contributed by atoms with Crippen LogP contribution in [0.5, 0.6) is 0 Å². The van der Waals surface area contributed by atoms with E-state index in [9.17, 15) is 22.8 Å². The molecule has 0 bridgehead atoms. The minimum absolute atomic E-state index is 0.138. The zero-order valence-corrected chi connectivity index (χ0v) is 10.1. The largest absolute Gasteiger partial charge is 0.416 e. The summed E-state index contributed by atoms with van der Waals surface area (Å²) in [6, 6.07) is 3.96. The maximum atomic E-state index is 12.4. The van der Waals surface area contributed by atoms with Gasteiger partial charge in [0.05, 0.1) is 11.3 Å². The first-order valence-corrected chi connectivity index (χ1v) is 5.54. The van der Waals surface area contributed by atoms with E-state index in [0.717, 1.165) is 29.2 Å². The molecule has 19 heavy (non-hydrogen) atoms. The van der Waals surface area contributed by atoms with Crippen molar-refractivity contribution in [3.63, 3.8) is 0 Å². The van der Waals surface area contributed by atoms with E-state index in [1.165, 1.54) is 0 Å². The zero-order chi connectivity index (χ0) is 14.2. The third-order valence-electron chi connectivity index (χ3n) is 2.46. The van der Waals surface area contributed by atoms with Crippen LogP contribution in [0.1, 0.15) is 12.0 Å². The maximum absolute atomic E-state index is 12.4. The Labute approximate surface area is 111 Å². The van der Waals surface area contributed by atoms with E-state index in [4.69, 9.17) is 12.2 Å². The van der Waals surface area contributed by atoms with Crippen molar-refractivity contribution < 1.29 is 22.8 Å².